The first-order chi connectivity index (χ1) is 10.2. The lowest BCUT2D eigenvalue weighted by Gasteiger charge is -2.12. The van der Waals surface area contributed by atoms with Gasteiger partial charge in [0.25, 0.3) is 5.69 Å². The number of halogens is 1. The number of benzene rings is 1. The molecule has 0 bridgehead atoms. The number of sulfonamides is 1. The zero-order valence-electron chi connectivity index (χ0n) is 12.8. The van der Waals surface area contributed by atoms with E-state index in [-0.39, 0.29) is 19.0 Å². The maximum Gasteiger partial charge on any atom is 0.346 e. The molecule has 1 rings (SSSR count). The summed E-state index contributed by atoms with van der Waals surface area (Å²) in [5.41, 5.74) is -1.21. The Morgan fingerprint density at radius 1 is 1.39 bits per heavy atom. The summed E-state index contributed by atoms with van der Waals surface area (Å²) in [4.78, 5) is 23.2. The lowest BCUT2D eigenvalue weighted by Crippen LogP contribution is -2.32. The number of hydrogen-bond acceptors (Lipinski definition) is 7. The molecule has 0 saturated heterocycles. The van der Waals surface area contributed by atoms with Gasteiger partial charge in [-0.15, -0.1) is 12.4 Å². The fourth-order valence-corrected chi connectivity index (χ4v) is 2.91. The van der Waals surface area contributed by atoms with Crippen LogP contribution in [0.4, 0.5) is 5.69 Å². The van der Waals surface area contributed by atoms with Crippen molar-refractivity contribution in [2.24, 2.45) is 0 Å². The van der Waals surface area contributed by atoms with E-state index < -0.39 is 37.1 Å². The molecule has 1 aromatic rings. The van der Waals surface area contributed by atoms with E-state index in [1.54, 1.807) is 19.0 Å². The molecule has 1 aromatic carbocycles. The summed E-state index contributed by atoms with van der Waals surface area (Å²) >= 11 is 0. The zero-order chi connectivity index (χ0) is 16.9. The van der Waals surface area contributed by atoms with Crippen LogP contribution in [0.2, 0.25) is 0 Å². The number of nitrogens with one attached hydrogen (secondary N) is 1. The van der Waals surface area contributed by atoms with Crippen LogP contribution in [0.5, 0.6) is 0 Å². The summed E-state index contributed by atoms with van der Waals surface area (Å²) in [7, 11) is 0.474. The van der Waals surface area contributed by atoms with Crippen molar-refractivity contribution in [1.82, 2.24) is 9.62 Å². The molecular formula is C12H18ClN3O6S. The zero-order valence-corrected chi connectivity index (χ0v) is 14.4. The van der Waals surface area contributed by atoms with Crippen LogP contribution in [0.15, 0.2) is 23.1 Å². The van der Waals surface area contributed by atoms with Crippen LogP contribution in [-0.4, -0.2) is 58.5 Å². The Hall–Kier alpha value is -1.75. The average molecular weight is 368 g/mol. The van der Waals surface area contributed by atoms with Gasteiger partial charge in [0.15, 0.2) is 5.56 Å². The Kier molecular flexibility index (Phi) is 8.10. The van der Waals surface area contributed by atoms with Gasteiger partial charge < -0.3 is 9.64 Å². The van der Waals surface area contributed by atoms with Crippen molar-refractivity contribution in [1.29, 1.82) is 0 Å². The first-order valence-corrected chi connectivity index (χ1v) is 7.69. The Morgan fingerprint density at radius 2 is 2.00 bits per heavy atom. The second-order valence-corrected chi connectivity index (χ2v) is 6.34. The van der Waals surface area contributed by atoms with Crippen molar-refractivity contribution in [2.45, 2.75) is 4.90 Å². The normalized spacial score (nSPS) is 11.0. The largest absolute Gasteiger partial charge is 0.465 e. The summed E-state index contributed by atoms with van der Waals surface area (Å²) in [6.45, 7) is 0.528. The number of nitro benzene ring substituents is 1. The number of carbonyl (C=O) groups excluding carboxylic acids is 1. The Balaban J connectivity index is 0.00000484. The molecule has 0 saturated carbocycles. The van der Waals surface area contributed by atoms with Crippen LogP contribution in [-0.2, 0) is 14.8 Å². The monoisotopic (exact) mass is 367 g/mol. The van der Waals surface area contributed by atoms with Crippen molar-refractivity contribution in [3.63, 3.8) is 0 Å². The van der Waals surface area contributed by atoms with Crippen LogP contribution >= 0.6 is 12.4 Å². The van der Waals surface area contributed by atoms with Gasteiger partial charge in [-0.3, -0.25) is 10.1 Å². The molecule has 23 heavy (non-hydrogen) atoms. The predicted molar refractivity (Wildman–Crippen MR) is 85.4 cm³/mol. The fraction of sp³-hybridized carbons (Fsp3) is 0.417. The molecule has 130 valence electrons. The van der Waals surface area contributed by atoms with Crippen LogP contribution in [0.25, 0.3) is 0 Å². The molecule has 0 aromatic heterocycles. The first-order valence-electron chi connectivity index (χ1n) is 6.21. The number of nitrogens with zero attached hydrogens (tertiary/aromatic N) is 2. The van der Waals surface area contributed by atoms with Crippen molar-refractivity contribution in [3.8, 4) is 0 Å². The first kappa shape index (κ1) is 21.2. The molecule has 0 unspecified atom stereocenters. The number of ether oxygens (including phenoxy) is 1. The Morgan fingerprint density at radius 3 is 2.48 bits per heavy atom. The molecule has 0 fully saturated rings. The van der Waals surface area contributed by atoms with Crippen LogP contribution in [0.3, 0.4) is 0 Å². The summed E-state index contributed by atoms with van der Waals surface area (Å²) < 4.78 is 31.3. The third-order valence-corrected chi connectivity index (χ3v) is 4.23. The van der Waals surface area contributed by atoms with Crippen LogP contribution in [0, 0.1) is 10.1 Å². The SMILES string of the molecule is COC(=O)c1c([N+](=O)[O-])cccc1S(=O)(=O)NCCN(C)C.Cl. The number of likely N-dealkylation sites (N-methyl/N-ethyl adjacent to an activating group) is 1. The molecule has 0 radical (unpaired) electrons. The quantitative estimate of drug-likeness (QED) is 0.426. The molecule has 0 amide bonds. The fourth-order valence-electron chi connectivity index (χ4n) is 1.68. The van der Waals surface area contributed by atoms with Gasteiger partial charge in [0.1, 0.15) is 4.90 Å². The van der Waals surface area contributed by atoms with E-state index >= 15 is 0 Å². The Labute approximate surface area is 140 Å². The predicted octanol–water partition coefficient (Wildman–Crippen LogP) is 0.643. The van der Waals surface area contributed by atoms with E-state index in [2.05, 4.69) is 9.46 Å². The van der Waals surface area contributed by atoms with Gasteiger partial charge in [0, 0.05) is 19.2 Å². The van der Waals surface area contributed by atoms with E-state index in [0.29, 0.717) is 6.54 Å². The smallest absolute Gasteiger partial charge is 0.346 e. The van der Waals surface area contributed by atoms with Gasteiger partial charge in [-0.2, -0.15) is 0 Å². The maximum atomic E-state index is 12.3. The summed E-state index contributed by atoms with van der Waals surface area (Å²) in [5.74, 6) is -1.08. The molecule has 11 heteroatoms. The second kappa shape index (κ2) is 8.77. The van der Waals surface area contributed by atoms with Gasteiger partial charge in [0.05, 0.1) is 12.0 Å². The van der Waals surface area contributed by atoms with E-state index in [0.717, 1.165) is 19.2 Å². The molecule has 0 atom stereocenters. The van der Waals surface area contributed by atoms with Gasteiger partial charge in [0.2, 0.25) is 10.0 Å². The molecule has 0 aliphatic heterocycles. The van der Waals surface area contributed by atoms with Crippen molar-refractivity contribution >= 4 is 34.1 Å². The number of methoxy groups -OCH3 is 1. The lowest BCUT2D eigenvalue weighted by atomic mass is 10.2. The lowest BCUT2D eigenvalue weighted by molar-refractivity contribution is -0.385. The highest BCUT2D eigenvalue weighted by Crippen LogP contribution is 2.26. The molecule has 0 aliphatic rings. The van der Waals surface area contributed by atoms with Crippen LogP contribution < -0.4 is 4.72 Å². The summed E-state index contributed by atoms with van der Waals surface area (Å²) in [6.07, 6.45) is 0. The minimum absolute atomic E-state index is 0. The number of rotatable bonds is 7. The summed E-state index contributed by atoms with van der Waals surface area (Å²) in [5, 5.41) is 11.0. The highest BCUT2D eigenvalue weighted by molar-refractivity contribution is 7.89. The summed E-state index contributed by atoms with van der Waals surface area (Å²) in [6, 6.07) is 3.37. The third kappa shape index (κ3) is 5.43. The Bertz CT molecular complexity index is 677. The van der Waals surface area contributed by atoms with E-state index in [1.165, 1.54) is 6.07 Å². The van der Waals surface area contributed by atoms with Crippen molar-refractivity contribution < 1.29 is 22.9 Å². The van der Waals surface area contributed by atoms with E-state index in [9.17, 15) is 23.3 Å². The minimum atomic E-state index is -4.08. The highest BCUT2D eigenvalue weighted by atomic mass is 35.5. The third-order valence-electron chi connectivity index (χ3n) is 2.73. The molecule has 1 N–H and O–H groups in total. The minimum Gasteiger partial charge on any atom is -0.465 e. The van der Waals surface area contributed by atoms with Gasteiger partial charge in [-0.1, -0.05) is 6.07 Å². The number of esters is 1. The van der Waals surface area contributed by atoms with Crippen molar-refractivity contribution in [3.05, 3.63) is 33.9 Å². The topological polar surface area (TPSA) is 119 Å². The highest BCUT2D eigenvalue weighted by Gasteiger charge is 2.30. The van der Waals surface area contributed by atoms with Gasteiger partial charge >= 0.3 is 5.97 Å². The van der Waals surface area contributed by atoms with Crippen molar-refractivity contribution in [2.75, 3.05) is 34.3 Å². The number of nitro groups is 1. The van der Waals surface area contributed by atoms with Gasteiger partial charge in [-0.05, 0) is 20.2 Å². The molecular weight excluding hydrogens is 350 g/mol. The van der Waals surface area contributed by atoms with Gasteiger partial charge in [-0.25, -0.2) is 17.9 Å². The average Bonchev–Trinajstić information content (AvgIpc) is 2.44. The maximum absolute atomic E-state index is 12.3. The molecule has 0 heterocycles. The van der Waals surface area contributed by atoms with Crippen LogP contribution in [0.1, 0.15) is 10.4 Å². The molecule has 0 spiro atoms. The molecule has 0 aliphatic carbocycles. The standard InChI is InChI=1S/C12H17N3O6S.ClH/c1-14(2)8-7-13-22(19,20)10-6-4-5-9(15(17)18)11(10)12(16)21-3;/h4-6,13H,7-8H2,1-3H3;1H. The van der Waals surface area contributed by atoms with E-state index in [1.807, 2.05) is 0 Å². The number of carbonyl (C=O) groups is 1. The van der Waals surface area contributed by atoms with E-state index in [4.69, 9.17) is 0 Å². The number of hydrogen-bond donors (Lipinski definition) is 1. The molecule has 9 nitrogen and oxygen atoms in total. The second-order valence-electron chi connectivity index (χ2n) is 4.60.